The Labute approximate surface area is 124 Å². The van der Waals surface area contributed by atoms with Gasteiger partial charge in [-0.05, 0) is 63.9 Å². The van der Waals surface area contributed by atoms with E-state index in [1.165, 1.54) is 28.2 Å². The standard InChI is InChI=1S/C12H18Br2N2S/c1-8-7-16(2)4-3-11(8)15-6-9-5-10(13)12(14)17-9/h5,8,11,15H,3-4,6-7H2,1-2H3. The van der Waals surface area contributed by atoms with E-state index in [2.05, 4.69) is 62.1 Å². The van der Waals surface area contributed by atoms with Gasteiger partial charge in [0.2, 0.25) is 0 Å². The van der Waals surface area contributed by atoms with Crippen LogP contribution in [0.4, 0.5) is 0 Å². The van der Waals surface area contributed by atoms with Crippen LogP contribution in [0.25, 0.3) is 0 Å². The van der Waals surface area contributed by atoms with Crippen LogP contribution >= 0.6 is 43.2 Å². The summed E-state index contributed by atoms with van der Waals surface area (Å²) in [6.45, 7) is 5.73. The summed E-state index contributed by atoms with van der Waals surface area (Å²) in [5.74, 6) is 0.737. The van der Waals surface area contributed by atoms with Gasteiger partial charge in [0.05, 0.1) is 3.79 Å². The summed E-state index contributed by atoms with van der Waals surface area (Å²) in [6.07, 6.45) is 1.26. The van der Waals surface area contributed by atoms with Gasteiger partial charge in [-0.1, -0.05) is 6.92 Å². The Morgan fingerprint density at radius 2 is 2.29 bits per heavy atom. The van der Waals surface area contributed by atoms with E-state index in [9.17, 15) is 0 Å². The van der Waals surface area contributed by atoms with Crippen LogP contribution in [0.15, 0.2) is 14.3 Å². The smallest absolute Gasteiger partial charge is 0.0843 e. The maximum Gasteiger partial charge on any atom is 0.0843 e. The zero-order valence-electron chi connectivity index (χ0n) is 10.2. The third kappa shape index (κ3) is 3.77. The lowest BCUT2D eigenvalue weighted by molar-refractivity contribution is 0.174. The molecule has 2 rings (SSSR count). The number of hydrogen-bond acceptors (Lipinski definition) is 3. The van der Waals surface area contributed by atoms with Gasteiger partial charge in [-0.15, -0.1) is 11.3 Å². The second-order valence-corrected chi connectivity index (χ2v) is 8.16. The highest BCUT2D eigenvalue weighted by molar-refractivity contribution is 9.13. The highest BCUT2D eigenvalue weighted by Gasteiger charge is 2.23. The van der Waals surface area contributed by atoms with Crippen LogP contribution < -0.4 is 5.32 Å². The molecule has 0 bridgehead atoms. The fourth-order valence-corrected chi connectivity index (χ4v) is 4.50. The van der Waals surface area contributed by atoms with Gasteiger partial charge in [-0.3, -0.25) is 0 Å². The van der Waals surface area contributed by atoms with E-state index in [4.69, 9.17) is 0 Å². The van der Waals surface area contributed by atoms with Crippen molar-refractivity contribution in [3.05, 3.63) is 19.2 Å². The van der Waals surface area contributed by atoms with Gasteiger partial charge >= 0.3 is 0 Å². The minimum atomic E-state index is 0.658. The molecule has 0 amide bonds. The summed E-state index contributed by atoms with van der Waals surface area (Å²) >= 11 is 8.87. The van der Waals surface area contributed by atoms with E-state index < -0.39 is 0 Å². The van der Waals surface area contributed by atoms with Crippen LogP contribution in [0.1, 0.15) is 18.2 Å². The SMILES string of the molecule is CC1CN(C)CCC1NCc1cc(Br)c(Br)s1. The molecule has 1 saturated heterocycles. The van der Waals surface area contributed by atoms with Crippen molar-refractivity contribution in [1.29, 1.82) is 0 Å². The number of rotatable bonds is 3. The van der Waals surface area contributed by atoms with Crippen molar-refractivity contribution in [2.24, 2.45) is 5.92 Å². The largest absolute Gasteiger partial charge is 0.309 e. The third-order valence-electron chi connectivity index (χ3n) is 3.34. The summed E-state index contributed by atoms with van der Waals surface area (Å²) in [5, 5.41) is 3.69. The molecule has 1 aliphatic heterocycles. The first-order valence-corrected chi connectivity index (χ1v) is 8.32. The van der Waals surface area contributed by atoms with Gasteiger partial charge in [0, 0.05) is 28.5 Å². The molecular weight excluding hydrogens is 364 g/mol. The minimum absolute atomic E-state index is 0.658. The maximum absolute atomic E-state index is 3.69. The molecule has 0 spiro atoms. The first kappa shape index (κ1) is 14.0. The Morgan fingerprint density at radius 1 is 1.53 bits per heavy atom. The van der Waals surface area contributed by atoms with E-state index in [1.807, 2.05) is 0 Å². The number of thiophene rings is 1. The molecule has 2 atom stereocenters. The predicted octanol–water partition coefficient (Wildman–Crippen LogP) is 3.70. The maximum atomic E-state index is 3.69. The summed E-state index contributed by atoms with van der Waals surface area (Å²) in [7, 11) is 2.21. The summed E-state index contributed by atoms with van der Waals surface area (Å²) < 4.78 is 2.35. The van der Waals surface area contributed by atoms with Crippen LogP contribution in [0.5, 0.6) is 0 Å². The molecule has 1 aliphatic rings. The topological polar surface area (TPSA) is 15.3 Å². The Hall–Kier alpha value is 0.580. The molecule has 1 aromatic rings. The first-order chi connectivity index (χ1) is 8.06. The lowest BCUT2D eigenvalue weighted by Gasteiger charge is -2.35. The molecule has 0 aromatic carbocycles. The van der Waals surface area contributed by atoms with Crippen molar-refractivity contribution >= 4 is 43.2 Å². The molecule has 5 heteroatoms. The molecule has 0 aliphatic carbocycles. The molecule has 17 heavy (non-hydrogen) atoms. The van der Waals surface area contributed by atoms with E-state index in [-0.39, 0.29) is 0 Å². The van der Waals surface area contributed by atoms with Gasteiger partial charge < -0.3 is 10.2 Å². The Bertz CT molecular complexity index is 361. The molecule has 2 nitrogen and oxygen atoms in total. The Balaban J connectivity index is 1.85. The van der Waals surface area contributed by atoms with Gasteiger partial charge in [-0.25, -0.2) is 0 Å². The molecule has 96 valence electrons. The number of hydrogen-bond donors (Lipinski definition) is 1. The fraction of sp³-hybridized carbons (Fsp3) is 0.667. The zero-order chi connectivity index (χ0) is 12.4. The van der Waals surface area contributed by atoms with Crippen LogP contribution in [-0.2, 0) is 6.54 Å². The number of likely N-dealkylation sites (tertiary alicyclic amines) is 1. The number of piperidine rings is 1. The highest BCUT2D eigenvalue weighted by Crippen LogP contribution is 2.32. The molecule has 2 heterocycles. The van der Waals surface area contributed by atoms with Gasteiger partial charge in [0.15, 0.2) is 0 Å². The average Bonchev–Trinajstić information content (AvgIpc) is 2.57. The quantitative estimate of drug-likeness (QED) is 0.858. The number of nitrogens with one attached hydrogen (secondary N) is 1. The van der Waals surface area contributed by atoms with Gasteiger partial charge in [0.1, 0.15) is 0 Å². The van der Waals surface area contributed by atoms with E-state index in [0.29, 0.717) is 6.04 Å². The van der Waals surface area contributed by atoms with Crippen LogP contribution in [0.2, 0.25) is 0 Å². The third-order valence-corrected chi connectivity index (χ3v) is 6.60. The first-order valence-electron chi connectivity index (χ1n) is 5.92. The summed E-state index contributed by atoms with van der Waals surface area (Å²) in [4.78, 5) is 3.80. The highest BCUT2D eigenvalue weighted by atomic mass is 79.9. The second-order valence-electron chi connectivity index (χ2n) is 4.85. The van der Waals surface area contributed by atoms with Crippen molar-refractivity contribution in [1.82, 2.24) is 10.2 Å². The van der Waals surface area contributed by atoms with E-state index in [0.717, 1.165) is 16.9 Å². The molecule has 0 radical (unpaired) electrons. The predicted molar refractivity (Wildman–Crippen MR) is 81.6 cm³/mol. The average molecular weight is 382 g/mol. The summed E-state index contributed by atoms with van der Waals surface area (Å²) in [5.41, 5.74) is 0. The monoisotopic (exact) mass is 380 g/mol. The van der Waals surface area contributed by atoms with Gasteiger partial charge in [0.25, 0.3) is 0 Å². The van der Waals surface area contributed by atoms with Crippen LogP contribution in [0, 0.1) is 5.92 Å². The van der Waals surface area contributed by atoms with Crippen molar-refractivity contribution in [2.45, 2.75) is 25.9 Å². The number of nitrogens with zero attached hydrogens (tertiary/aromatic N) is 1. The van der Waals surface area contributed by atoms with Crippen LogP contribution in [0.3, 0.4) is 0 Å². The lowest BCUT2D eigenvalue weighted by Crippen LogP contribution is -2.46. The van der Waals surface area contributed by atoms with Crippen LogP contribution in [-0.4, -0.2) is 31.1 Å². The van der Waals surface area contributed by atoms with Gasteiger partial charge in [-0.2, -0.15) is 0 Å². The van der Waals surface area contributed by atoms with Crippen molar-refractivity contribution in [2.75, 3.05) is 20.1 Å². The second kappa shape index (κ2) is 6.15. The molecule has 1 fully saturated rings. The van der Waals surface area contributed by atoms with Crippen molar-refractivity contribution < 1.29 is 0 Å². The normalized spacial score (nSPS) is 26.4. The molecule has 1 aromatic heterocycles. The Kier molecular flexibility index (Phi) is 5.06. The molecular formula is C12H18Br2N2S. The van der Waals surface area contributed by atoms with Crippen molar-refractivity contribution in [3.63, 3.8) is 0 Å². The molecule has 0 saturated carbocycles. The van der Waals surface area contributed by atoms with E-state index >= 15 is 0 Å². The number of halogens is 2. The zero-order valence-corrected chi connectivity index (χ0v) is 14.2. The van der Waals surface area contributed by atoms with Crippen molar-refractivity contribution in [3.8, 4) is 0 Å². The fourth-order valence-electron chi connectivity index (χ4n) is 2.37. The minimum Gasteiger partial charge on any atom is -0.309 e. The van der Waals surface area contributed by atoms with E-state index in [1.54, 1.807) is 11.3 Å². The Morgan fingerprint density at radius 3 is 2.88 bits per heavy atom. The molecule has 1 N–H and O–H groups in total. The summed E-state index contributed by atoms with van der Waals surface area (Å²) in [6, 6.07) is 2.85. The lowest BCUT2D eigenvalue weighted by atomic mass is 9.94. The molecule has 2 unspecified atom stereocenters.